The van der Waals surface area contributed by atoms with Crippen LogP contribution in [0.1, 0.15) is 21.5 Å². The predicted molar refractivity (Wildman–Crippen MR) is 132 cm³/mol. The van der Waals surface area contributed by atoms with Crippen LogP contribution in [0.2, 0.25) is 0 Å². The van der Waals surface area contributed by atoms with Gasteiger partial charge < -0.3 is 14.8 Å². The monoisotopic (exact) mass is 437 g/mol. The van der Waals surface area contributed by atoms with Crippen molar-refractivity contribution < 1.29 is 14.3 Å². The Kier molecular flexibility index (Phi) is 7.39. The average molecular weight is 438 g/mol. The van der Waals surface area contributed by atoms with E-state index in [0.29, 0.717) is 30.2 Å². The molecule has 4 rings (SSSR count). The van der Waals surface area contributed by atoms with Gasteiger partial charge in [0.05, 0.1) is 12.7 Å². The van der Waals surface area contributed by atoms with Gasteiger partial charge >= 0.3 is 0 Å². The average Bonchev–Trinajstić information content (AvgIpc) is 2.88. The maximum atomic E-state index is 13.2. The quantitative estimate of drug-likeness (QED) is 0.354. The SMILES string of the molecule is COc1ccccc1-c1ccc(OCc2ccccc2)cc1C(=O)NCCc1ccccc1. The van der Waals surface area contributed by atoms with Crippen LogP contribution < -0.4 is 14.8 Å². The van der Waals surface area contributed by atoms with E-state index in [1.54, 1.807) is 7.11 Å². The molecular weight excluding hydrogens is 410 g/mol. The van der Waals surface area contributed by atoms with E-state index in [-0.39, 0.29) is 5.91 Å². The standard InChI is InChI=1S/C29H27NO3/c1-32-28-15-9-8-14-26(28)25-17-16-24(33-21-23-12-6-3-7-13-23)20-27(25)29(31)30-19-18-22-10-4-2-5-11-22/h2-17,20H,18-19,21H2,1H3,(H,30,31). The van der Waals surface area contributed by atoms with Gasteiger partial charge in [0.15, 0.2) is 0 Å². The molecule has 0 bridgehead atoms. The van der Waals surface area contributed by atoms with Crippen LogP contribution in [0.4, 0.5) is 0 Å². The number of ether oxygens (including phenoxy) is 2. The molecule has 0 spiro atoms. The third kappa shape index (κ3) is 5.80. The van der Waals surface area contributed by atoms with Crippen molar-refractivity contribution in [2.75, 3.05) is 13.7 Å². The lowest BCUT2D eigenvalue weighted by molar-refractivity contribution is 0.0954. The highest BCUT2D eigenvalue weighted by atomic mass is 16.5. The highest BCUT2D eigenvalue weighted by Crippen LogP contribution is 2.34. The van der Waals surface area contributed by atoms with Crippen molar-refractivity contribution in [1.82, 2.24) is 5.32 Å². The summed E-state index contributed by atoms with van der Waals surface area (Å²) in [6, 6.07) is 33.4. The van der Waals surface area contributed by atoms with E-state index in [1.165, 1.54) is 5.56 Å². The number of para-hydroxylation sites is 1. The molecule has 1 amide bonds. The first-order valence-electron chi connectivity index (χ1n) is 11.0. The molecule has 0 fully saturated rings. The van der Waals surface area contributed by atoms with Gasteiger partial charge in [0, 0.05) is 12.1 Å². The minimum absolute atomic E-state index is 0.142. The van der Waals surface area contributed by atoms with E-state index < -0.39 is 0 Å². The summed E-state index contributed by atoms with van der Waals surface area (Å²) in [7, 11) is 1.63. The summed E-state index contributed by atoms with van der Waals surface area (Å²) in [4.78, 5) is 13.2. The second kappa shape index (κ2) is 11.0. The molecule has 1 N–H and O–H groups in total. The zero-order valence-electron chi connectivity index (χ0n) is 18.7. The molecule has 0 aliphatic carbocycles. The van der Waals surface area contributed by atoms with Crippen LogP contribution in [0.5, 0.6) is 11.5 Å². The van der Waals surface area contributed by atoms with Crippen molar-refractivity contribution in [3.63, 3.8) is 0 Å². The zero-order valence-corrected chi connectivity index (χ0v) is 18.7. The Labute approximate surface area is 194 Å². The molecule has 33 heavy (non-hydrogen) atoms. The van der Waals surface area contributed by atoms with Gasteiger partial charge in [-0.3, -0.25) is 4.79 Å². The van der Waals surface area contributed by atoms with Crippen molar-refractivity contribution >= 4 is 5.91 Å². The van der Waals surface area contributed by atoms with Crippen molar-refractivity contribution in [2.24, 2.45) is 0 Å². The van der Waals surface area contributed by atoms with Gasteiger partial charge in [-0.25, -0.2) is 0 Å². The molecule has 0 radical (unpaired) electrons. The molecular formula is C29H27NO3. The molecule has 0 heterocycles. The lowest BCUT2D eigenvalue weighted by Gasteiger charge is -2.15. The number of methoxy groups -OCH3 is 1. The molecule has 0 saturated carbocycles. The fourth-order valence-corrected chi connectivity index (χ4v) is 3.70. The van der Waals surface area contributed by atoms with Crippen LogP contribution in [0.3, 0.4) is 0 Å². The zero-order chi connectivity index (χ0) is 22.9. The Morgan fingerprint density at radius 2 is 1.42 bits per heavy atom. The number of benzene rings is 4. The number of hydrogen-bond donors (Lipinski definition) is 1. The van der Waals surface area contributed by atoms with Gasteiger partial charge in [-0.1, -0.05) is 78.9 Å². The Morgan fingerprint density at radius 3 is 2.15 bits per heavy atom. The van der Waals surface area contributed by atoms with Crippen LogP contribution in [-0.4, -0.2) is 19.6 Å². The highest BCUT2D eigenvalue weighted by molar-refractivity contribution is 6.02. The minimum Gasteiger partial charge on any atom is -0.496 e. The van der Waals surface area contributed by atoms with Crippen molar-refractivity contribution in [1.29, 1.82) is 0 Å². The molecule has 4 aromatic rings. The van der Waals surface area contributed by atoms with Crippen LogP contribution in [0.25, 0.3) is 11.1 Å². The second-order valence-electron chi connectivity index (χ2n) is 7.67. The van der Waals surface area contributed by atoms with Gasteiger partial charge in [-0.2, -0.15) is 0 Å². The molecule has 0 atom stereocenters. The van der Waals surface area contributed by atoms with Gasteiger partial charge in [0.2, 0.25) is 0 Å². The van der Waals surface area contributed by atoms with E-state index in [2.05, 4.69) is 17.4 Å². The molecule has 4 aromatic carbocycles. The van der Waals surface area contributed by atoms with Crippen LogP contribution in [-0.2, 0) is 13.0 Å². The first-order valence-corrected chi connectivity index (χ1v) is 11.0. The molecule has 0 unspecified atom stereocenters. The summed E-state index contributed by atoms with van der Waals surface area (Å²) in [5.41, 5.74) is 4.47. The lowest BCUT2D eigenvalue weighted by Crippen LogP contribution is -2.26. The summed E-state index contributed by atoms with van der Waals surface area (Å²) in [5, 5.41) is 3.06. The third-order valence-electron chi connectivity index (χ3n) is 5.42. The topological polar surface area (TPSA) is 47.6 Å². The van der Waals surface area contributed by atoms with Crippen LogP contribution in [0.15, 0.2) is 103 Å². The Hall–Kier alpha value is -4.05. The number of amides is 1. The largest absolute Gasteiger partial charge is 0.496 e. The minimum atomic E-state index is -0.142. The normalized spacial score (nSPS) is 10.5. The van der Waals surface area contributed by atoms with Crippen molar-refractivity contribution in [3.05, 3.63) is 120 Å². The maximum Gasteiger partial charge on any atom is 0.252 e. The Balaban J connectivity index is 1.58. The molecule has 0 aromatic heterocycles. The maximum absolute atomic E-state index is 13.2. The molecule has 0 saturated heterocycles. The first kappa shape index (κ1) is 22.2. The van der Waals surface area contributed by atoms with Crippen molar-refractivity contribution in [2.45, 2.75) is 13.0 Å². The lowest BCUT2D eigenvalue weighted by atomic mass is 9.97. The molecule has 0 aliphatic heterocycles. The van der Waals surface area contributed by atoms with Crippen LogP contribution in [0, 0.1) is 0 Å². The molecule has 166 valence electrons. The van der Waals surface area contributed by atoms with E-state index in [4.69, 9.17) is 9.47 Å². The van der Waals surface area contributed by atoms with Gasteiger partial charge in [-0.05, 0) is 47.4 Å². The fraction of sp³-hybridized carbons (Fsp3) is 0.138. The third-order valence-corrected chi connectivity index (χ3v) is 5.42. The highest BCUT2D eigenvalue weighted by Gasteiger charge is 2.17. The first-order chi connectivity index (χ1) is 16.2. The van der Waals surface area contributed by atoms with E-state index >= 15 is 0 Å². The van der Waals surface area contributed by atoms with E-state index in [0.717, 1.165) is 23.1 Å². The Morgan fingerprint density at radius 1 is 0.758 bits per heavy atom. The predicted octanol–water partition coefficient (Wildman–Crippen LogP) is 5.91. The van der Waals surface area contributed by atoms with E-state index in [9.17, 15) is 4.79 Å². The summed E-state index contributed by atoms with van der Waals surface area (Å²) >= 11 is 0. The summed E-state index contributed by atoms with van der Waals surface area (Å²) < 4.78 is 11.5. The second-order valence-corrected chi connectivity index (χ2v) is 7.67. The number of carbonyl (C=O) groups excluding carboxylic acids is 1. The summed E-state index contributed by atoms with van der Waals surface area (Å²) in [6.45, 7) is 0.979. The number of rotatable bonds is 9. The van der Waals surface area contributed by atoms with E-state index in [1.807, 2.05) is 91.0 Å². The van der Waals surface area contributed by atoms with Gasteiger partial charge in [-0.15, -0.1) is 0 Å². The number of nitrogens with one attached hydrogen (secondary N) is 1. The number of carbonyl (C=O) groups is 1. The van der Waals surface area contributed by atoms with Gasteiger partial charge in [0.1, 0.15) is 18.1 Å². The van der Waals surface area contributed by atoms with Crippen molar-refractivity contribution in [3.8, 4) is 22.6 Å². The Bertz CT molecular complexity index is 1190. The summed E-state index contributed by atoms with van der Waals surface area (Å²) in [6.07, 6.45) is 0.765. The number of hydrogen-bond acceptors (Lipinski definition) is 3. The van der Waals surface area contributed by atoms with Crippen LogP contribution >= 0.6 is 0 Å². The smallest absolute Gasteiger partial charge is 0.252 e. The molecule has 4 nitrogen and oxygen atoms in total. The fourth-order valence-electron chi connectivity index (χ4n) is 3.70. The van der Waals surface area contributed by atoms with Gasteiger partial charge in [0.25, 0.3) is 5.91 Å². The molecule has 4 heteroatoms. The molecule has 0 aliphatic rings. The summed E-state index contributed by atoms with van der Waals surface area (Å²) in [5.74, 6) is 1.22.